The molecule has 0 bridgehead atoms. The highest BCUT2D eigenvalue weighted by Crippen LogP contribution is 2.27. The van der Waals surface area contributed by atoms with Gasteiger partial charge in [0.2, 0.25) is 5.91 Å². The van der Waals surface area contributed by atoms with Crippen molar-refractivity contribution in [3.8, 4) is 0 Å². The van der Waals surface area contributed by atoms with Crippen LogP contribution in [0.4, 0.5) is 5.69 Å². The number of ketones is 1. The van der Waals surface area contributed by atoms with Gasteiger partial charge in [0.05, 0.1) is 6.42 Å². The maximum absolute atomic E-state index is 11.5. The Morgan fingerprint density at radius 1 is 1.44 bits per heavy atom. The van der Waals surface area contributed by atoms with Crippen molar-refractivity contribution in [1.29, 1.82) is 0 Å². The molecule has 1 aliphatic heterocycles. The molecule has 1 aromatic carbocycles. The average Bonchev–Trinajstić information content (AvgIpc) is 2.27. The minimum Gasteiger partial charge on any atom is -0.361 e. The van der Waals surface area contributed by atoms with Crippen LogP contribution in [0.25, 0.3) is 5.53 Å². The first-order valence-electron chi connectivity index (χ1n) is 4.82. The van der Waals surface area contributed by atoms with Crippen molar-refractivity contribution in [3.63, 3.8) is 0 Å². The lowest BCUT2D eigenvalue weighted by Crippen LogP contribution is -2.57. The molecule has 1 heterocycles. The summed E-state index contributed by atoms with van der Waals surface area (Å²) in [6.45, 7) is 0. The summed E-state index contributed by atoms with van der Waals surface area (Å²) in [6.07, 6.45) is 0.993. The van der Waals surface area contributed by atoms with Crippen molar-refractivity contribution in [3.05, 3.63) is 35.9 Å². The lowest BCUT2D eigenvalue weighted by atomic mass is 9.97. The Kier molecular flexibility index (Phi) is 2.62. The number of carbonyl (C=O) groups excluding carboxylic acids is 2. The van der Waals surface area contributed by atoms with Gasteiger partial charge in [0, 0.05) is 5.69 Å². The van der Waals surface area contributed by atoms with Crippen LogP contribution in [0, 0.1) is 0 Å². The van der Waals surface area contributed by atoms with E-state index < -0.39 is 6.04 Å². The molecule has 1 aliphatic rings. The van der Waals surface area contributed by atoms with E-state index in [1.165, 1.54) is 4.90 Å². The molecule has 1 amide bonds. The summed E-state index contributed by atoms with van der Waals surface area (Å²) < 4.78 is 0. The van der Waals surface area contributed by atoms with Crippen LogP contribution >= 0.6 is 0 Å². The number of Topliss-reactive ketones (excluding diaryl/α,β-unsaturated/α-hetero) is 1. The van der Waals surface area contributed by atoms with Crippen molar-refractivity contribution in [2.75, 3.05) is 4.90 Å². The normalized spacial score (nSPS) is 18.6. The number of anilines is 1. The number of hydrogen-bond donors (Lipinski definition) is 0. The molecule has 1 atom stereocenters. The topological polar surface area (TPSA) is 73.8 Å². The summed E-state index contributed by atoms with van der Waals surface area (Å²) in [5.74, 6) is -0.471. The van der Waals surface area contributed by atoms with Gasteiger partial charge in [-0.3, -0.25) is 9.59 Å². The SMILES string of the molecule is [N-]=[N+]=CC(=O)C1CC(=O)N1c1ccccc1. The molecule has 0 radical (unpaired) electrons. The van der Waals surface area contributed by atoms with Gasteiger partial charge < -0.3 is 10.4 Å². The largest absolute Gasteiger partial charge is 0.361 e. The van der Waals surface area contributed by atoms with Crippen molar-refractivity contribution in [2.45, 2.75) is 12.5 Å². The van der Waals surface area contributed by atoms with Crippen LogP contribution in [0.15, 0.2) is 30.3 Å². The number of rotatable bonds is 3. The minimum absolute atomic E-state index is 0.101. The first-order valence-corrected chi connectivity index (χ1v) is 4.82. The lowest BCUT2D eigenvalue weighted by Gasteiger charge is -2.37. The number of β-lactam (4-membered cyclic amide) rings is 1. The standard InChI is InChI=1S/C11H9N3O2/c12-13-7-10(15)9-6-11(16)14(9)8-4-2-1-3-5-8/h1-5,7,9H,6H2. The first kappa shape index (κ1) is 10.3. The first-order chi connectivity index (χ1) is 7.74. The maximum Gasteiger partial charge on any atom is 0.325 e. The van der Waals surface area contributed by atoms with Crippen molar-refractivity contribution in [1.82, 2.24) is 0 Å². The highest BCUT2D eigenvalue weighted by atomic mass is 16.2. The molecule has 0 spiro atoms. The average molecular weight is 215 g/mol. The molecule has 0 aliphatic carbocycles. The van der Waals surface area contributed by atoms with E-state index in [0.29, 0.717) is 5.69 Å². The van der Waals surface area contributed by atoms with E-state index in [9.17, 15) is 9.59 Å². The zero-order valence-electron chi connectivity index (χ0n) is 8.41. The van der Waals surface area contributed by atoms with Crippen LogP contribution in [0.3, 0.4) is 0 Å². The van der Waals surface area contributed by atoms with Crippen LogP contribution in [-0.4, -0.2) is 28.7 Å². The van der Waals surface area contributed by atoms with Crippen molar-refractivity contribution >= 4 is 23.6 Å². The molecule has 1 fully saturated rings. The molecule has 0 saturated carbocycles. The molecule has 5 heteroatoms. The van der Waals surface area contributed by atoms with Crippen LogP contribution in [0.2, 0.25) is 0 Å². The van der Waals surface area contributed by atoms with Gasteiger partial charge in [-0.05, 0) is 12.1 Å². The number of benzene rings is 1. The molecule has 0 aromatic heterocycles. The highest BCUT2D eigenvalue weighted by Gasteiger charge is 2.42. The van der Waals surface area contributed by atoms with Gasteiger partial charge in [0.1, 0.15) is 6.04 Å². The molecule has 1 unspecified atom stereocenters. The fourth-order valence-electron chi connectivity index (χ4n) is 1.70. The predicted molar refractivity (Wildman–Crippen MR) is 57.0 cm³/mol. The number of para-hydroxylation sites is 1. The summed E-state index contributed by atoms with van der Waals surface area (Å²) in [7, 11) is 0. The van der Waals surface area contributed by atoms with Crippen LogP contribution < -0.4 is 4.90 Å². The number of amides is 1. The highest BCUT2D eigenvalue weighted by molar-refractivity contribution is 6.32. The fraction of sp³-hybridized carbons (Fsp3) is 0.182. The summed E-state index contributed by atoms with van der Waals surface area (Å²) in [5.41, 5.74) is 8.96. The second-order valence-corrected chi connectivity index (χ2v) is 3.47. The quantitative estimate of drug-likeness (QED) is 0.321. The molecule has 5 nitrogen and oxygen atoms in total. The molecule has 2 rings (SSSR count). The molecule has 16 heavy (non-hydrogen) atoms. The number of nitrogens with zero attached hydrogens (tertiary/aromatic N) is 3. The minimum atomic E-state index is -0.536. The Morgan fingerprint density at radius 3 is 2.69 bits per heavy atom. The van der Waals surface area contributed by atoms with E-state index in [4.69, 9.17) is 5.53 Å². The van der Waals surface area contributed by atoms with Crippen LogP contribution in [-0.2, 0) is 9.59 Å². The van der Waals surface area contributed by atoms with Gasteiger partial charge >= 0.3 is 6.21 Å². The predicted octanol–water partition coefficient (Wildman–Crippen LogP) is 0.662. The van der Waals surface area contributed by atoms with E-state index in [0.717, 1.165) is 6.21 Å². The van der Waals surface area contributed by atoms with Gasteiger partial charge in [-0.15, -0.1) is 0 Å². The number of hydrogen-bond acceptors (Lipinski definition) is 2. The van der Waals surface area contributed by atoms with Gasteiger partial charge in [-0.25, -0.2) is 0 Å². The Labute approximate surface area is 91.9 Å². The lowest BCUT2D eigenvalue weighted by molar-refractivity contribution is -0.130. The molecule has 1 saturated heterocycles. The molecule has 80 valence electrons. The maximum atomic E-state index is 11.5. The van der Waals surface area contributed by atoms with Gasteiger partial charge in [-0.1, -0.05) is 18.2 Å². The van der Waals surface area contributed by atoms with E-state index in [-0.39, 0.29) is 18.1 Å². The third-order valence-corrected chi connectivity index (χ3v) is 2.50. The Morgan fingerprint density at radius 2 is 2.12 bits per heavy atom. The van der Waals surface area contributed by atoms with E-state index in [1.807, 2.05) is 6.07 Å². The van der Waals surface area contributed by atoms with Gasteiger partial charge in [-0.2, -0.15) is 4.79 Å². The Bertz CT molecular complexity index is 477. The Hall–Kier alpha value is -2.26. The monoisotopic (exact) mass is 215 g/mol. The van der Waals surface area contributed by atoms with E-state index in [2.05, 4.69) is 4.79 Å². The summed E-state index contributed by atoms with van der Waals surface area (Å²) in [4.78, 5) is 27.0. The third kappa shape index (κ3) is 1.64. The van der Waals surface area contributed by atoms with Crippen molar-refractivity contribution < 1.29 is 14.4 Å². The van der Waals surface area contributed by atoms with E-state index >= 15 is 0 Å². The molecule has 0 N–H and O–H groups in total. The van der Waals surface area contributed by atoms with E-state index in [1.54, 1.807) is 24.3 Å². The fourth-order valence-corrected chi connectivity index (χ4v) is 1.70. The smallest absolute Gasteiger partial charge is 0.325 e. The summed E-state index contributed by atoms with van der Waals surface area (Å²) >= 11 is 0. The summed E-state index contributed by atoms with van der Waals surface area (Å²) in [6, 6.07) is 8.40. The number of carbonyl (C=O) groups is 2. The van der Waals surface area contributed by atoms with Gasteiger partial charge in [0.25, 0.3) is 5.78 Å². The molecular formula is C11H9N3O2. The van der Waals surface area contributed by atoms with Crippen LogP contribution in [0.1, 0.15) is 6.42 Å². The second-order valence-electron chi connectivity index (χ2n) is 3.47. The van der Waals surface area contributed by atoms with Crippen LogP contribution in [0.5, 0.6) is 0 Å². The molecule has 1 aromatic rings. The zero-order valence-corrected chi connectivity index (χ0v) is 8.41. The zero-order chi connectivity index (χ0) is 11.5. The Balaban J connectivity index is 2.23. The molecular weight excluding hydrogens is 206 g/mol. The summed E-state index contributed by atoms with van der Waals surface area (Å²) in [5, 5.41) is 0. The third-order valence-electron chi connectivity index (χ3n) is 2.50. The van der Waals surface area contributed by atoms with Crippen molar-refractivity contribution in [2.24, 2.45) is 0 Å². The second kappa shape index (κ2) is 4.08. The van der Waals surface area contributed by atoms with Gasteiger partial charge in [0.15, 0.2) is 0 Å².